The van der Waals surface area contributed by atoms with E-state index in [1.165, 1.54) is 24.3 Å². The van der Waals surface area contributed by atoms with Gasteiger partial charge in [-0.25, -0.2) is 18.7 Å². The van der Waals surface area contributed by atoms with Crippen molar-refractivity contribution in [2.45, 2.75) is 63.8 Å². The van der Waals surface area contributed by atoms with Crippen LogP contribution in [0.3, 0.4) is 0 Å². The molecule has 2 saturated heterocycles. The minimum Gasteiger partial charge on any atom is -0.482 e. The Morgan fingerprint density at radius 3 is 1.38 bits per heavy atom. The van der Waals surface area contributed by atoms with Crippen molar-refractivity contribution in [3.05, 3.63) is 116 Å². The van der Waals surface area contributed by atoms with Gasteiger partial charge in [0.15, 0.2) is 23.1 Å². The molecule has 0 saturated carbocycles. The number of aromatic nitrogens is 6. The zero-order valence-electron chi connectivity index (χ0n) is 32.8. The van der Waals surface area contributed by atoms with Gasteiger partial charge in [-0.3, -0.25) is 9.36 Å². The Kier molecular flexibility index (Phi) is 14.0. The molecule has 0 amide bonds. The van der Waals surface area contributed by atoms with E-state index in [2.05, 4.69) is 30.8 Å². The minimum absolute atomic E-state index is 0.0686. The van der Waals surface area contributed by atoms with Crippen LogP contribution in [0.1, 0.15) is 74.9 Å². The maximum atomic E-state index is 13.9. The van der Waals surface area contributed by atoms with Crippen molar-refractivity contribution >= 4 is 58.0 Å². The molecule has 12 nitrogen and oxygen atoms in total. The standard InChI is InChI=1S/2C21H22Cl2FN5O/c2*1-12(19-16(22)2-3-17(24)20(19)23)30-18-8-13(9-27-21(18)25)14-10-28-29(11-14)15-4-6-26-7-5-15/h2*2-3,8-12,15,26H,4-7H2,1H3,(H2,25,27). The highest BCUT2D eigenvalue weighted by Crippen LogP contribution is 2.39. The Morgan fingerprint density at radius 2 is 1.00 bits per heavy atom. The number of nitrogens with zero attached hydrogens (tertiary/aromatic N) is 6. The van der Waals surface area contributed by atoms with Crippen LogP contribution < -0.4 is 31.6 Å². The van der Waals surface area contributed by atoms with E-state index in [1.54, 1.807) is 38.4 Å². The Morgan fingerprint density at radius 1 is 0.617 bits per heavy atom. The lowest BCUT2D eigenvalue weighted by Crippen LogP contribution is -2.29. The molecule has 2 aliphatic rings. The molecular weight excluding hydrogens is 856 g/mol. The number of nitrogen functional groups attached to an aromatic ring is 2. The van der Waals surface area contributed by atoms with Crippen molar-refractivity contribution in [1.82, 2.24) is 40.2 Å². The molecular formula is C42H44Cl4F2N10O2. The number of piperidine rings is 2. The van der Waals surface area contributed by atoms with Gasteiger partial charge in [-0.05, 0) is 102 Å². The molecule has 6 N–H and O–H groups in total. The molecule has 2 fully saturated rings. The number of anilines is 2. The van der Waals surface area contributed by atoms with Crippen LogP contribution in [0.15, 0.2) is 73.6 Å². The number of hydrogen-bond acceptors (Lipinski definition) is 10. The Balaban J connectivity index is 0.000000181. The number of nitrogens with two attached hydrogens (primary N) is 2. The van der Waals surface area contributed by atoms with Gasteiger partial charge in [-0.2, -0.15) is 10.2 Å². The SMILES string of the molecule is CC(Oc1cc(-c2cnn(C3CCNCC3)c2)cnc1N)c1c(Cl)ccc(F)c1Cl.CC(Oc1cc(-c2cnn(C3CCNCC3)c2)cnc1N)c1c(Cl)ccc(F)c1Cl. The van der Waals surface area contributed by atoms with Gasteiger partial charge in [0.05, 0.1) is 34.5 Å². The van der Waals surface area contributed by atoms with Crippen molar-refractivity contribution in [3.63, 3.8) is 0 Å². The third-order valence-electron chi connectivity index (χ3n) is 10.6. The second-order valence-electron chi connectivity index (χ2n) is 14.6. The van der Waals surface area contributed by atoms with E-state index in [0.29, 0.717) is 44.8 Å². The number of benzene rings is 2. The first-order chi connectivity index (χ1) is 28.9. The summed E-state index contributed by atoms with van der Waals surface area (Å²) in [5, 5.41) is 16.3. The first-order valence-corrected chi connectivity index (χ1v) is 21.0. The summed E-state index contributed by atoms with van der Waals surface area (Å²) < 4.78 is 43.7. The number of nitrogens with one attached hydrogen (secondary N) is 2. The number of halogens is 6. The molecule has 18 heteroatoms. The fourth-order valence-electron chi connectivity index (χ4n) is 7.26. The van der Waals surface area contributed by atoms with Crippen LogP contribution in [-0.4, -0.2) is 55.7 Å². The van der Waals surface area contributed by atoms with Crippen molar-refractivity contribution < 1.29 is 18.3 Å². The largest absolute Gasteiger partial charge is 0.482 e. The fourth-order valence-corrected chi connectivity index (χ4v) is 8.62. The summed E-state index contributed by atoms with van der Waals surface area (Å²) in [6.45, 7) is 7.42. The van der Waals surface area contributed by atoms with Crippen LogP contribution in [0.25, 0.3) is 22.3 Å². The summed E-state index contributed by atoms with van der Waals surface area (Å²) >= 11 is 24.6. The van der Waals surface area contributed by atoms with Gasteiger partial charge in [0.2, 0.25) is 0 Å². The summed E-state index contributed by atoms with van der Waals surface area (Å²) in [5.74, 6) is 0.0605. The van der Waals surface area contributed by atoms with Crippen LogP contribution >= 0.6 is 46.4 Å². The molecule has 0 aliphatic carbocycles. The van der Waals surface area contributed by atoms with E-state index in [4.69, 9.17) is 67.3 Å². The van der Waals surface area contributed by atoms with Gasteiger partial charge in [-0.1, -0.05) is 46.4 Å². The molecule has 2 atom stereocenters. The summed E-state index contributed by atoms with van der Waals surface area (Å²) in [4.78, 5) is 8.50. The molecule has 6 aromatic rings. The van der Waals surface area contributed by atoms with Crippen molar-refractivity contribution in [2.75, 3.05) is 37.6 Å². The van der Waals surface area contributed by atoms with E-state index in [1.807, 2.05) is 34.2 Å². The zero-order valence-corrected chi connectivity index (χ0v) is 35.8. The van der Waals surface area contributed by atoms with E-state index in [-0.39, 0.29) is 21.7 Å². The van der Waals surface area contributed by atoms with Crippen LogP contribution in [0.5, 0.6) is 11.5 Å². The molecule has 6 heterocycles. The highest BCUT2D eigenvalue weighted by Gasteiger charge is 2.23. The molecule has 60 heavy (non-hydrogen) atoms. The molecule has 0 spiro atoms. The molecule has 0 radical (unpaired) electrons. The third-order valence-corrected chi connectivity index (χ3v) is 12.0. The predicted molar refractivity (Wildman–Crippen MR) is 233 cm³/mol. The van der Waals surface area contributed by atoms with E-state index < -0.39 is 23.8 Å². The van der Waals surface area contributed by atoms with Gasteiger partial charge in [-0.15, -0.1) is 0 Å². The summed E-state index contributed by atoms with van der Waals surface area (Å²) in [7, 11) is 0. The normalized spacial score (nSPS) is 15.9. The number of hydrogen-bond donors (Lipinski definition) is 4. The Hall–Kier alpha value is -4.70. The van der Waals surface area contributed by atoms with Crippen molar-refractivity contribution in [1.29, 1.82) is 0 Å². The maximum Gasteiger partial charge on any atom is 0.166 e. The first-order valence-electron chi connectivity index (χ1n) is 19.5. The lowest BCUT2D eigenvalue weighted by Gasteiger charge is -2.22. The van der Waals surface area contributed by atoms with E-state index >= 15 is 0 Å². The van der Waals surface area contributed by atoms with Gasteiger partial charge in [0.1, 0.15) is 23.8 Å². The minimum atomic E-state index is -0.627. The molecule has 2 aromatic carbocycles. The lowest BCUT2D eigenvalue weighted by molar-refractivity contribution is 0.227. The average molecular weight is 901 g/mol. The van der Waals surface area contributed by atoms with Gasteiger partial charge >= 0.3 is 0 Å². The van der Waals surface area contributed by atoms with Gasteiger partial charge < -0.3 is 31.6 Å². The summed E-state index contributed by atoms with van der Waals surface area (Å²) in [6, 6.07) is 9.70. The summed E-state index contributed by atoms with van der Waals surface area (Å²) in [6.07, 6.45) is 13.9. The van der Waals surface area contributed by atoms with Crippen molar-refractivity contribution in [2.24, 2.45) is 0 Å². The number of pyridine rings is 2. The fraction of sp³-hybridized carbons (Fsp3) is 0.333. The Labute approximate surface area is 366 Å². The van der Waals surface area contributed by atoms with E-state index in [9.17, 15) is 8.78 Å². The quantitative estimate of drug-likeness (QED) is 0.0977. The number of ether oxygens (including phenoxy) is 2. The summed E-state index contributed by atoms with van der Waals surface area (Å²) in [5.41, 5.74) is 16.2. The van der Waals surface area contributed by atoms with Crippen LogP contribution in [0.2, 0.25) is 20.1 Å². The molecule has 2 aliphatic heterocycles. The second-order valence-corrected chi connectivity index (χ2v) is 16.2. The maximum absolute atomic E-state index is 13.9. The highest BCUT2D eigenvalue weighted by molar-refractivity contribution is 6.36. The smallest absolute Gasteiger partial charge is 0.166 e. The molecule has 2 unspecified atom stereocenters. The average Bonchev–Trinajstić information content (AvgIpc) is 3.95. The van der Waals surface area contributed by atoms with Gasteiger partial charge in [0.25, 0.3) is 0 Å². The predicted octanol–water partition coefficient (Wildman–Crippen LogP) is 10.1. The van der Waals surface area contributed by atoms with Crippen LogP contribution in [0, 0.1) is 11.6 Å². The second kappa shape index (κ2) is 19.3. The monoisotopic (exact) mass is 898 g/mol. The van der Waals surface area contributed by atoms with Crippen molar-refractivity contribution in [3.8, 4) is 33.8 Å². The van der Waals surface area contributed by atoms with Gasteiger partial charge in [0, 0.05) is 68.2 Å². The molecule has 0 bridgehead atoms. The van der Waals surface area contributed by atoms with Crippen LogP contribution in [0.4, 0.5) is 20.4 Å². The molecule has 8 rings (SSSR count). The van der Waals surface area contributed by atoms with Crippen LogP contribution in [-0.2, 0) is 0 Å². The zero-order chi connectivity index (χ0) is 42.5. The highest BCUT2D eigenvalue weighted by atomic mass is 35.5. The first kappa shape index (κ1) is 43.4. The lowest BCUT2D eigenvalue weighted by atomic mass is 10.1. The third kappa shape index (κ3) is 9.91. The Bertz CT molecular complexity index is 2270. The van der Waals surface area contributed by atoms with E-state index in [0.717, 1.165) is 74.1 Å². The molecule has 4 aromatic heterocycles. The molecule has 316 valence electrons. The number of rotatable bonds is 10. The topological polar surface area (TPSA) is 156 Å².